The van der Waals surface area contributed by atoms with Crippen LogP contribution in [0.25, 0.3) is 0 Å². The minimum atomic E-state index is 0.146. The number of unbranched alkanes of at least 4 members (excludes halogenated alkanes) is 1. The van der Waals surface area contributed by atoms with Crippen molar-refractivity contribution in [2.24, 2.45) is 5.73 Å². The number of nitrogens with one attached hydrogen (secondary N) is 1. The third-order valence-corrected chi connectivity index (χ3v) is 3.55. The molecule has 110 valence electrons. The summed E-state index contributed by atoms with van der Waals surface area (Å²) in [5, 5.41) is 3.10. The van der Waals surface area contributed by atoms with Crippen LogP contribution in [0.1, 0.15) is 32.1 Å². The van der Waals surface area contributed by atoms with E-state index in [2.05, 4.69) is 20.2 Å². The van der Waals surface area contributed by atoms with Crippen molar-refractivity contribution >= 4 is 11.9 Å². The zero-order chi connectivity index (χ0) is 14.2. The summed E-state index contributed by atoms with van der Waals surface area (Å²) in [5.41, 5.74) is 5.42. The topological polar surface area (TPSA) is 84.1 Å². The first kappa shape index (κ1) is 14.7. The Hall–Kier alpha value is -1.69. The Morgan fingerprint density at radius 1 is 1.30 bits per heavy atom. The quantitative estimate of drug-likeness (QED) is 0.747. The van der Waals surface area contributed by atoms with Crippen LogP contribution in [0.15, 0.2) is 18.5 Å². The number of amides is 1. The van der Waals surface area contributed by atoms with E-state index in [9.17, 15) is 4.79 Å². The van der Waals surface area contributed by atoms with Crippen molar-refractivity contribution in [1.29, 1.82) is 0 Å². The molecule has 0 atom stereocenters. The van der Waals surface area contributed by atoms with Gasteiger partial charge in [-0.15, -0.1) is 0 Å². The smallest absolute Gasteiger partial charge is 0.225 e. The second-order valence-electron chi connectivity index (χ2n) is 5.12. The molecule has 0 radical (unpaired) electrons. The number of hydrogen-bond acceptors (Lipinski definition) is 5. The van der Waals surface area contributed by atoms with Crippen molar-refractivity contribution in [3.63, 3.8) is 0 Å². The highest BCUT2D eigenvalue weighted by atomic mass is 16.1. The van der Waals surface area contributed by atoms with Crippen LogP contribution in [-0.2, 0) is 4.79 Å². The minimum absolute atomic E-state index is 0.146. The Labute approximate surface area is 119 Å². The van der Waals surface area contributed by atoms with E-state index in [-0.39, 0.29) is 11.9 Å². The van der Waals surface area contributed by atoms with Crippen molar-refractivity contribution in [1.82, 2.24) is 15.3 Å². The Kier molecular flexibility index (Phi) is 5.73. The van der Waals surface area contributed by atoms with Gasteiger partial charge in [0, 0.05) is 37.9 Å². The van der Waals surface area contributed by atoms with Crippen molar-refractivity contribution in [3.8, 4) is 0 Å². The Balaban J connectivity index is 1.70. The number of carbonyl (C=O) groups excluding carboxylic acids is 1. The molecule has 6 nitrogen and oxygen atoms in total. The molecule has 1 aliphatic heterocycles. The molecule has 1 amide bonds. The molecule has 1 fully saturated rings. The summed E-state index contributed by atoms with van der Waals surface area (Å²) in [6, 6.07) is 2.10. The molecule has 0 aromatic carbocycles. The lowest BCUT2D eigenvalue weighted by atomic mass is 10.0. The lowest BCUT2D eigenvalue weighted by Crippen LogP contribution is -2.45. The molecule has 1 aromatic rings. The van der Waals surface area contributed by atoms with Crippen molar-refractivity contribution in [2.75, 3.05) is 24.5 Å². The van der Waals surface area contributed by atoms with E-state index >= 15 is 0 Å². The first-order chi connectivity index (χ1) is 9.79. The van der Waals surface area contributed by atoms with Gasteiger partial charge >= 0.3 is 0 Å². The number of nitrogens with two attached hydrogens (primary N) is 1. The fourth-order valence-corrected chi connectivity index (χ4v) is 2.41. The predicted octanol–water partition coefficient (Wildman–Crippen LogP) is 0.691. The number of hydrogen-bond donors (Lipinski definition) is 2. The molecule has 2 heterocycles. The Morgan fingerprint density at radius 3 is 2.65 bits per heavy atom. The molecule has 1 saturated heterocycles. The largest absolute Gasteiger partial charge is 0.353 e. The molecule has 0 saturated carbocycles. The summed E-state index contributed by atoms with van der Waals surface area (Å²) in [7, 11) is 0. The van der Waals surface area contributed by atoms with Gasteiger partial charge in [-0.3, -0.25) is 4.79 Å². The fourth-order valence-electron chi connectivity index (χ4n) is 2.41. The van der Waals surface area contributed by atoms with Gasteiger partial charge in [0.2, 0.25) is 11.9 Å². The average molecular weight is 277 g/mol. The first-order valence-corrected chi connectivity index (χ1v) is 7.31. The van der Waals surface area contributed by atoms with Gasteiger partial charge in [-0.25, -0.2) is 9.97 Å². The average Bonchev–Trinajstić information content (AvgIpc) is 2.49. The summed E-state index contributed by atoms with van der Waals surface area (Å²) >= 11 is 0. The maximum atomic E-state index is 11.7. The minimum Gasteiger partial charge on any atom is -0.353 e. The summed E-state index contributed by atoms with van der Waals surface area (Å²) in [4.78, 5) is 22.4. The SMILES string of the molecule is NCCCCC(=O)NC1CCN(c2ncccn2)CC1. The van der Waals surface area contributed by atoms with Crippen LogP contribution < -0.4 is 16.0 Å². The molecular weight excluding hydrogens is 254 g/mol. The molecule has 6 heteroatoms. The highest BCUT2D eigenvalue weighted by molar-refractivity contribution is 5.76. The van der Waals surface area contributed by atoms with Crippen LogP contribution in [0.2, 0.25) is 0 Å². The second-order valence-corrected chi connectivity index (χ2v) is 5.12. The zero-order valence-corrected chi connectivity index (χ0v) is 11.8. The predicted molar refractivity (Wildman–Crippen MR) is 78.3 cm³/mol. The molecule has 20 heavy (non-hydrogen) atoms. The van der Waals surface area contributed by atoms with Gasteiger partial charge < -0.3 is 16.0 Å². The summed E-state index contributed by atoms with van der Waals surface area (Å²) in [5.74, 6) is 0.924. The van der Waals surface area contributed by atoms with Crippen LogP contribution in [0.3, 0.4) is 0 Å². The monoisotopic (exact) mass is 277 g/mol. The molecule has 0 aliphatic carbocycles. The lowest BCUT2D eigenvalue weighted by Gasteiger charge is -2.32. The molecule has 1 aromatic heterocycles. The van der Waals surface area contributed by atoms with Crippen LogP contribution in [-0.4, -0.2) is 41.6 Å². The normalized spacial score (nSPS) is 16.1. The molecule has 3 N–H and O–H groups in total. The molecular formula is C14H23N5O. The van der Waals surface area contributed by atoms with E-state index in [1.807, 2.05) is 6.07 Å². The van der Waals surface area contributed by atoms with Gasteiger partial charge in [0.15, 0.2) is 0 Å². The van der Waals surface area contributed by atoms with Crippen molar-refractivity contribution < 1.29 is 4.79 Å². The molecule has 1 aliphatic rings. The van der Waals surface area contributed by atoms with Crippen molar-refractivity contribution in [3.05, 3.63) is 18.5 Å². The molecule has 0 spiro atoms. The number of carbonyl (C=O) groups is 1. The number of anilines is 1. The van der Waals surface area contributed by atoms with Gasteiger partial charge in [-0.05, 0) is 38.3 Å². The van der Waals surface area contributed by atoms with E-state index in [4.69, 9.17) is 5.73 Å². The summed E-state index contributed by atoms with van der Waals surface area (Å²) in [6.07, 6.45) is 7.78. The second kappa shape index (κ2) is 7.79. The van der Waals surface area contributed by atoms with E-state index in [0.29, 0.717) is 13.0 Å². The summed E-state index contributed by atoms with van der Waals surface area (Å²) < 4.78 is 0. The molecule has 0 bridgehead atoms. The number of rotatable bonds is 6. The highest BCUT2D eigenvalue weighted by Gasteiger charge is 2.21. The van der Waals surface area contributed by atoms with Crippen molar-refractivity contribution in [2.45, 2.75) is 38.1 Å². The third kappa shape index (κ3) is 4.45. The number of piperidine rings is 1. The van der Waals surface area contributed by atoms with E-state index < -0.39 is 0 Å². The highest BCUT2D eigenvalue weighted by Crippen LogP contribution is 2.15. The van der Waals surface area contributed by atoms with Gasteiger partial charge in [-0.2, -0.15) is 0 Å². The summed E-state index contributed by atoms with van der Waals surface area (Å²) in [6.45, 7) is 2.43. The third-order valence-electron chi connectivity index (χ3n) is 3.55. The maximum Gasteiger partial charge on any atom is 0.225 e. The molecule has 2 rings (SSSR count). The molecule has 0 unspecified atom stereocenters. The standard InChI is InChI=1S/C14H23N5O/c15-7-2-1-4-13(20)18-12-5-10-19(11-6-12)14-16-8-3-9-17-14/h3,8-9,12H,1-2,4-7,10-11,15H2,(H,18,20). The van der Waals surface area contributed by atoms with E-state index in [1.54, 1.807) is 12.4 Å². The van der Waals surface area contributed by atoms with Crippen LogP contribution in [0.4, 0.5) is 5.95 Å². The fraction of sp³-hybridized carbons (Fsp3) is 0.643. The number of aromatic nitrogens is 2. The van der Waals surface area contributed by atoms with E-state index in [0.717, 1.165) is 44.7 Å². The first-order valence-electron chi connectivity index (χ1n) is 7.31. The lowest BCUT2D eigenvalue weighted by molar-refractivity contribution is -0.122. The van der Waals surface area contributed by atoms with Gasteiger partial charge in [0.05, 0.1) is 0 Å². The Morgan fingerprint density at radius 2 is 2.00 bits per heavy atom. The van der Waals surface area contributed by atoms with Crippen LogP contribution in [0.5, 0.6) is 0 Å². The maximum absolute atomic E-state index is 11.7. The number of nitrogens with zero attached hydrogens (tertiary/aromatic N) is 3. The van der Waals surface area contributed by atoms with Crippen LogP contribution >= 0.6 is 0 Å². The Bertz CT molecular complexity index is 403. The zero-order valence-electron chi connectivity index (χ0n) is 11.8. The van der Waals surface area contributed by atoms with Gasteiger partial charge in [0.1, 0.15) is 0 Å². The van der Waals surface area contributed by atoms with E-state index in [1.165, 1.54) is 0 Å². The van der Waals surface area contributed by atoms with Gasteiger partial charge in [-0.1, -0.05) is 0 Å². The van der Waals surface area contributed by atoms with Crippen LogP contribution in [0, 0.1) is 0 Å². The van der Waals surface area contributed by atoms with Gasteiger partial charge in [0.25, 0.3) is 0 Å².